The zero-order valence-electron chi connectivity index (χ0n) is 19.3. The molecule has 3 rings (SSSR count). The van der Waals surface area contributed by atoms with E-state index >= 15 is 0 Å². The Morgan fingerprint density at radius 2 is 1.69 bits per heavy atom. The van der Waals surface area contributed by atoms with Crippen molar-refractivity contribution in [1.29, 1.82) is 0 Å². The fraction of sp³-hybridized carbons (Fsp3) is 0.462. The number of guanidine groups is 1. The Morgan fingerprint density at radius 1 is 1.00 bits per heavy atom. The molecule has 1 saturated heterocycles. The summed E-state index contributed by atoms with van der Waals surface area (Å²) in [5, 5.41) is 3.39. The fourth-order valence-corrected chi connectivity index (χ4v) is 3.86. The highest BCUT2D eigenvalue weighted by Crippen LogP contribution is 2.19. The second-order valence-corrected chi connectivity index (χ2v) is 7.98. The third-order valence-corrected chi connectivity index (χ3v) is 5.53. The van der Waals surface area contributed by atoms with Crippen LogP contribution in [0.2, 0.25) is 0 Å². The lowest BCUT2D eigenvalue weighted by atomic mass is 9.97. The van der Waals surface area contributed by atoms with Crippen LogP contribution in [0.3, 0.4) is 0 Å². The average molecular weight is 438 g/mol. The molecule has 32 heavy (non-hydrogen) atoms. The molecule has 2 aromatic carbocycles. The summed E-state index contributed by atoms with van der Waals surface area (Å²) < 4.78 is 11.1. The normalized spacial score (nSPS) is 14.9. The molecule has 0 saturated carbocycles. The number of esters is 1. The van der Waals surface area contributed by atoms with Crippen molar-refractivity contribution >= 4 is 11.9 Å². The number of likely N-dealkylation sites (tertiary alicyclic amines) is 1. The van der Waals surface area contributed by atoms with E-state index in [1.165, 1.54) is 5.56 Å². The fourth-order valence-electron chi connectivity index (χ4n) is 3.86. The van der Waals surface area contributed by atoms with Crippen molar-refractivity contribution in [2.75, 3.05) is 26.2 Å². The Hall–Kier alpha value is -2.86. The molecular weight excluding hydrogens is 402 g/mol. The van der Waals surface area contributed by atoms with E-state index in [0.29, 0.717) is 26.4 Å². The minimum absolute atomic E-state index is 0.00152. The van der Waals surface area contributed by atoms with E-state index in [1.807, 2.05) is 25.1 Å². The van der Waals surface area contributed by atoms with Crippen molar-refractivity contribution in [2.24, 2.45) is 10.9 Å². The van der Waals surface area contributed by atoms with E-state index in [1.54, 1.807) is 0 Å². The van der Waals surface area contributed by atoms with Gasteiger partial charge in [-0.05, 0) is 43.4 Å². The number of rotatable bonds is 9. The van der Waals surface area contributed by atoms with Crippen molar-refractivity contribution in [3.63, 3.8) is 0 Å². The van der Waals surface area contributed by atoms with Gasteiger partial charge in [0.25, 0.3) is 0 Å². The SMILES string of the molecule is CCNC(=NCc1cccc(COCc2ccccc2)c1)N1CCC(C(=O)OCC)CC1. The molecule has 0 aromatic heterocycles. The summed E-state index contributed by atoms with van der Waals surface area (Å²) >= 11 is 0. The van der Waals surface area contributed by atoms with Gasteiger partial charge in [-0.1, -0.05) is 54.6 Å². The van der Waals surface area contributed by atoms with Gasteiger partial charge >= 0.3 is 5.97 Å². The number of nitrogens with zero attached hydrogens (tertiary/aromatic N) is 2. The standard InChI is InChI=1S/C26H35N3O3/c1-3-27-26(29-15-13-24(14-16-29)25(30)32-4-2)28-18-22-11-8-12-23(17-22)20-31-19-21-9-6-5-7-10-21/h5-12,17,24H,3-4,13-16,18-20H2,1-2H3,(H,27,28). The lowest BCUT2D eigenvalue weighted by Gasteiger charge is -2.33. The summed E-state index contributed by atoms with van der Waals surface area (Å²) in [7, 11) is 0. The van der Waals surface area contributed by atoms with E-state index in [2.05, 4.69) is 53.5 Å². The minimum atomic E-state index is -0.0691. The molecule has 0 atom stereocenters. The smallest absolute Gasteiger partial charge is 0.309 e. The number of aliphatic imine (C=N–C) groups is 1. The number of hydrogen-bond acceptors (Lipinski definition) is 4. The molecule has 1 N–H and O–H groups in total. The maximum Gasteiger partial charge on any atom is 0.309 e. The van der Waals surface area contributed by atoms with Gasteiger partial charge in [-0.3, -0.25) is 4.79 Å². The van der Waals surface area contributed by atoms with Gasteiger partial charge in [0.05, 0.1) is 32.3 Å². The molecule has 0 bridgehead atoms. The molecule has 6 nitrogen and oxygen atoms in total. The molecule has 172 valence electrons. The highest BCUT2D eigenvalue weighted by Gasteiger charge is 2.27. The van der Waals surface area contributed by atoms with Crippen LogP contribution < -0.4 is 5.32 Å². The number of ether oxygens (including phenoxy) is 2. The third kappa shape index (κ3) is 7.38. The first-order valence-electron chi connectivity index (χ1n) is 11.6. The van der Waals surface area contributed by atoms with Crippen LogP contribution in [0.4, 0.5) is 0 Å². The Balaban J connectivity index is 1.53. The molecule has 0 unspecified atom stereocenters. The Bertz CT molecular complexity index is 862. The van der Waals surface area contributed by atoms with Crippen molar-refractivity contribution in [2.45, 2.75) is 46.4 Å². The summed E-state index contributed by atoms with van der Waals surface area (Å²) in [5.41, 5.74) is 3.48. The van der Waals surface area contributed by atoms with Gasteiger partial charge in [0, 0.05) is 19.6 Å². The maximum absolute atomic E-state index is 12.0. The first kappa shape index (κ1) is 23.8. The lowest BCUT2D eigenvalue weighted by Crippen LogP contribution is -2.46. The molecule has 6 heteroatoms. The monoisotopic (exact) mass is 437 g/mol. The molecule has 0 amide bonds. The third-order valence-electron chi connectivity index (χ3n) is 5.53. The van der Waals surface area contributed by atoms with Gasteiger partial charge in [-0.2, -0.15) is 0 Å². The van der Waals surface area contributed by atoms with Crippen molar-refractivity contribution < 1.29 is 14.3 Å². The van der Waals surface area contributed by atoms with Crippen molar-refractivity contribution in [3.05, 3.63) is 71.3 Å². The summed E-state index contributed by atoms with van der Waals surface area (Å²) in [6, 6.07) is 18.6. The van der Waals surface area contributed by atoms with Crippen LogP contribution in [0.1, 0.15) is 43.4 Å². The van der Waals surface area contributed by atoms with Gasteiger partial charge in [-0.25, -0.2) is 4.99 Å². The summed E-state index contributed by atoms with van der Waals surface area (Å²) in [4.78, 5) is 19.1. The predicted octanol–water partition coefficient (Wildman–Crippen LogP) is 4.14. The van der Waals surface area contributed by atoms with Crippen molar-refractivity contribution in [1.82, 2.24) is 10.2 Å². The van der Waals surface area contributed by atoms with Crippen molar-refractivity contribution in [3.8, 4) is 0 Å². The van der Waals surface area contributed by atoms with Crippen LogP contribution in [0.25, 0.3) is 0 Å². The largest absolute Gasteiger partial charge is 0.466 e. The first-order chi connectivity index (χ1) is 15.7. The van der Waals surface area contributed by atoms with E-state index in [0.717, 1.165) is 49.6 Å². The molecule has 0 aliphatic carbocycles. The lowest BCUT2D eigenvalue weighted by molar-refractivity contribution is -0.149. The van der Waals surface area contributed by atoms with Crippen LogP contribution >= 0.6 is 0 Å². The Morgan fingerprint density at radius 3 is 2.41 bits per heavy atom. The van der Waals surface area contributed by atoms with Gasteiger partial charge < -0.3 is 19.7 Å². The predicted molar refractivity (Wildman–Crippen MR) is 127 cm³/mol. The Labute approximate surface area is 191 Å². The minimum Gasteiger partial charge on any atom is -0.466 e. The van der Waals surface area contributed by atoms with Gasteiger partial charge in [0.15, 0.2) is 5.96 Å². The summed E-state index contributed by atoms with van der Waals surface area (Å²) in [5.74, 6) is 0.836. The molecule has 1 aliphatic heterocycles. The summed E-state index contributed by atoms with van der Waals surface area (Å²) in [6.07, 6.45) is 1.61. The molecule has 0 radical (unpaired) electrons. The Kier molecular flexibility index (Phi) is 9.57. The highest BCUT2D eigenvalue weighted by atomic mass is 16.5. The van der Waals surface area contributed by atoms with E-state index < -0.39 is 0 Å². The zero-order chi connectivity index (χ0) is 22.6. The zero-order valence-corrected chi connectivity index (χ0v) is 19.3. The van der Waals surface area contributed by atoms with E-state index in [4.69, 9.17) is 14.5 Å². The first-order valence-corrected chi connectivity index (χ1v) is 11.6. The number of benzene rings is 2. The van der Waals surface area contributed by atoms with Gasteiger partial charge in [-0.15, -0.1) is 0 Å². The van der Waals surface area contributed by atoms with Crippen LogP contribution in [-0.4, -0.2) is 43.1 Å². The van der Waals surface area contributed by atoms with Gasteiger partial charge in [0.1, 0.15) is 0 Å². The van der Waals surface area contributed by atoms with Gasteiger partial charge in [0.2, 0.25) is 0 Å². The molecule has 1 heterocycles. The van der Waals surface area contributed by atoms with E-state index in [9.17, 15) is 4.79 Å². The second-order valence-electron chi connectivity index (χ2n) is 7.98. The molecular formula is C26H35N3O3. The van der Waals surface area contributed by atoms with Crippen LogP contribution in [0.5, 0.6) is 0 Å². The molecule has 2 aromatic rings. The number of nitrogens with one attached hydrogen (secondary N) is 1. The quantitative estimate of drug-likeness (QED) is 0.363. The van der Waals surface area contributed by atoms with Crippen LogP contribution in [0, 0.1) is 5.92 Å². The maximum atomic E-state index is 12.0. The topological polar surface area (TPSA) is 63.2 Å². The number of carbonyl (C=O) groups is 1. The average Bonchev–Trinajstić information content (AvgIpc) is 2.83. The molecule has 1 aliphatic rings. The molecule has 0 spiro atoms. The summed E-state index contributed by atoms with van der Waals surface area (Å²) in [6.45, 7) is 8.59. The number of piperidine rings is 1. The van der Waals surface area contributed by atoms with Crippen LogP contribution in [0.15, 0.2) is 59.6 Å². The van der Waals surface area contributed by atoms with Crippen LogP contribution in [-0.2, 0) is 34.0 Å². The number of carbonyl (C=O) groups excluding carboxylic acids is 1. The molecule has 1 fully saturated rings. The number of hydrogen-bond donors (Lipinski definition) is 1. The highest BCUT2D eigenvalue weighted by molar-refractivity contribution is 5.80. The second kappa shape index (κ2) is 12.9. The van der Waals surface area contributed by atoms with E-state index in [-0.39, 0.29) is 11.9 Å².